The van der Waals surface area contributed by atoms with Crippen molar-refractivity contribution in [1.82, 2.24) is 24.5 Å². The van der Waals surface area contributed by atoms with E-state index in [1.807, 2.05) is 22.8 Å². The van der Waals surface area contributed by atoms with Crippen LogP contribution in [-0.2, 0) is 0 Å². The van der Waals surface area contributed by atoms with Crippen molar-refractivity contribution in [2.24, 2.45) is 0 Å². The molecule has 0 aliphatic carbocycles. The Morgan fingerprint density at radius 1 is 1.21 bits per heavy atom. The molecular formula is C19H26N6O2S. The molecule has 28 heavy (non-hydrogen) atoms. The number of anilines is 1. The third-order valence-electron chi connectivity index (χ3n) is 5.08. The molecule has 3 aromatic rings. The Bertz CT molecular complexity index is 945. The van der Waals surface area contributed by atoms with Gasteiger partial charge in [0.15, 0.2) is 0 Å². The Morgan fingerprint density at radius 2 is 2.00 bits per heavy atom. The highest BCUT2D eigenvalue weighted by Crippen LogP contribution is 2.33. The number of nitrogens with zero attached hydrogens (tertiary/aromatic N) is 6. The van der Waals surface area contributed by atoms with E-state index in [0.717, 1.165) is 59.8 Å². The van der Waals surface area contributed by atoms with Crippen molar-refractivity contribution < 1.29 is 9.84 Å². The van der Waals surface area contributed by atoms with Gasteiger partial charge in [0, 0.05) is 38.4 Å². The molecule has 0 radical (unpaired) electrons. The zero-order chi connectivity index (χ0) is 19.7. The number of aromatic nitrogens is 4. The third kappa shape index (κ3) is 3.57. The van der Waals surface area contributed by atoms with Crippen LogP contribution < -0.4 is 9.64 Å². The molecule has 0 saturated carbocycles. The Hall–Kier alpha value is -2.23. The number of rotatable bonds is 6. The van der Waals surface area contributed by atoms with Crippen LogP contribution in [0.2, 0.25) is 0 Å². The fraction of sp³-hybridized carbons (Fsp3) is 0.526. The number of β-amino-alcohol motifs (C(OH)–C–C–N with tert-alkyl or cyclic N) is 1. The Kier molecular flexibility index (Phi) is 5.47. The Balaban J connectivity index is 1.62. The van der Waals surface area contributed by atoms with Crippen LogP contribution in [-0.4, -0.2) is 76.0 Å². The summed E-state index contributed by atoms with van der Waals surface area (Å²) >= 11 is 1.59. The summed E-state index contributed by atoms with van der Waals surface area (Å²) in [6, 6.07) is 4.08. The standard InChI is InChI=1S/C19H26N6O2S/c1-13(2)15-5-4-14(17(21-15)27-3)16-12-20-18-25(16)22-19(28-18)24-8-6-23(7-9-24)10-11-26/h4-5,12-13,26H,6-11H2,1-3H3. The summed E-state index contributed by atoms with van der Waals surface area (Å²) in [7, 11) is 1.65. The van der Waals surface area contributed by atoms with Gasteiger partial charge in [0.1, 0.15) is 0 Å². The summed E-state index contributed by atoms with van der Waals surface area (Å²) in [5.74, 6) is 0.934. The number of fused-ring (bicyclic) bond motifs is 1. The number of hydrogen-bond donors (Lipinski definition) is 1. The number of hydrogen-bond acceptors (Lipinski definition) is 8. The third-order valence-corrected chi connectivity index (χ3v) is 6.06. The molecule has 0 spiro atoms. The van der Waals surface area contributed by atoms with Crippen LogP contribution in [0.15, 0.2) is 18.3 Å². The van der Waals surface area contributed by atoms with E-state index in [1.54, 1.807) is 18.4 Å². The molecule has 1 N–H and O–H groups in total. The Morgan fingerprint density at radius 3 is 2.68 bits per heavy atom. The number of ether oxygens (including phenoxy) is 1. The normalized spacial score (nSPS) is 15.7. The van der Waals surface area contributed by atoms with Gasteiger partial charge in [0.05, 0.1) is 31.2 Å². The molecular weight excluding hydrogens is 376 g/mol. The number of methoxy groups -OCH3 is 1. The first-order valence-corrected chi connectivity index (χ1v) is 10.4. The van der Waals surface area contributed by atoms with Gasteiger partial charge in [-0.1, -0.05) is 25.2 Å². The van der Waals surface area contributed by atoms with Gasteiger partial charge in [-0.05, 0) is 18.1 Å². The van der Waals surface area contributed by atoms with Gasteiger partial charge in [-0.15, -0.1) is 5.10 Å². The van der Waals surface area contributed by atoms with Gasteiger partial charge < -0.3 is 14.7 Å². The van der Waals surface area contributed by atoms with E-state index in [-0.39, 0.29) is 6.61 Å². The predicted octanol–water partition coefficient (Wildman–Crippen LogP) is 2.10. The van der Waals surface area contributed by atoms with Crippen molar-refractivity contribution in [1.29, 1.82) is 0 Å². The van der Waals surface area contributed by atoms with E-state index in [1.165, 1.54) is 0 Å². The van der Waals surface area contributed by atoms with Crippen molar-refractivity contribution in [2.45, 2.75) is 19.8 Å². The van der Waals surface area contributed by atoms with Crippen LogP contribution in [0.4, 0.5) is 5.13 Å². The second kappa shape index (κ2) is 8.02. The lowest BCUT2D eigenvalue weighted by Crippen LogP contribution is -2.47. The molecule has 9 heteroatoms. The molecule has 1 aliphatic rings. The van der Waals surface area contributed by atoms with Gasteiger partial charge >= 0.3 is 0 Å². The van der Waals surface area contributed by atoms with Crippen LogP contribution in [0.5, 0.6) is 5.88 Å². The van der Waals surface area contributed by atoms with Crippen molar-refractivity contribution >= 4 is 21.4 Å². The highest BCUT2D eigenvalue weighted by molar-refractivity contribution is 7.20. The zero-order valence-corrected chi connectivity index (χ0v) is 17.3. The maximum absolute atomic E-state index is 9.11. The lowest BCUT2D eigenvalue weighted by Gasteiger charge is -2.33. The Labute approximate surface area is 168 Å². The first kappa shape index (κ1) is 19.1. The average molecular weight is 403 g/mol. The quantitative estimate of drug-likeness (QED) is 0.676. The lowest BCUT2D eigenvalue weighted by atomic mass is 10.1. The predicted molar refractivity (Wildman–Crippen MR) is 110 cm³/mol. The van der Waals surface area contributed by atoms with Gasteiger partial charge in [-0.2, -0.15) is 0 Å². The minimum absolute atomic E-state index is 0.208. The first-order valence-electron chi connectivity index (χ1n) is 9.58. The molecule has 0 atom stereocenters. The largest absolute Gasteiger partial charge is 0.480 e. The maximum Gasteiger partial charge on any atom is 0.222 e. The molecule has 3 aromatic heterocycles. The van der Waals surface area contributed by atoms with Crippen LogP contribution >= 0.6 is 11.3 Å². The SMILES string of the molecule is COc1nc(C(C)C)ccc1-c1cnc2sc(N3CCN(CCO)CC3)nn12. The summed E-state index contributed by atoms with van der Waals surface area (Å²) < 4.78 is 7.44. The summed E-state index contributed by atoms with van der Waals surface area (Å²) in [5, 5.41) is 14.9. The van der Waals surface area contributed by atoms with Gasteiger partial charge in [-0.3, -0.25) is 4.90 Å². The van der Waals surface area contributed by atoms with Crippen molar-refractivity contribution in [3.05, 3.63) is 24.0 Å². The van der Waals surface area contributed by atoms with Crippen molar-refractivity contribution in [3.8, 4) is 17.1 Å². The second-order valence-electron chi connectivity index (χ2n) is 7.22. The fourth-order valence-corrected chi connectivity index (χ4v) is 4.35. The summed E-state index contributed by atoms with van der Waals surface area (Å²) in [6.07, 6.45) is 1.83. The number of aliphatic hydroxyl groups excluding tert-OH is 1. The molecule has 0 unspecified atom stereocenters. The number of imidazole rings is 1. The van der Waals surface area contributed by atoms with Gasteiger partial charge in [0.25, 0.3) is 0 Å². The molecule has 0 aromatic carbocycles. The van der Waals surface area contributed by atoms with Crippen molar-refractivity contribution in [2.75, 3.05) is 51.3 Å². The van der Waals surface area contributed by atoms with Crippen LogP contribution in [0.25, 0.3) is 16.2 Å². The average Bonchev–Trinajstić information content (AvgIpc) is 3.29. The monoisotopic (exact) mass is 402 g/mol. The van der Waals surface area contributed by atoms with Crippen molar-refractivity contribution in [3.63, 3.8) is 0 Å². The molecule has 1 aliphatic heterocycles. The van der Waals surface area contributed by atoms with E-state index in [4.69, 9.17) is 14.9 Å². The summed E-state index contributed by atoms with van der Waals surface area (Å²) in [4.78, 5) is 14.6. The molecule has 0 amide bonds. The molecule has 150 valence electrons. The van der Waals surface area contributed by atoms with Gasteiger partial charge in [-0.25, -0.2) is 14.5 Å². The molecule has 1 fully saturated rings. The van der Waals surface area contributed by atoms with Crippen LogP contribution in [0, 0.1) is 0 Å². The molecule has 4 rings (SSSR count). The number of pyridine rings is 1. The van der Waals surface area contributed by atoms with E-state index in [9.17, 15) is 0 Å². The summed E-state index contributed by atoms with van der Waals surface area (Å²) in [5.41, 5.74) is 2.78. The molecule has 0 bridgehead atoms. The second-order valence-corrected chi connectivity index (χ2v) is 8.16. The highest BCUT2D eigenvalue weighted by Gasteiger charge is 2.22. The molecule has 4 heterocycles. The minimum atomic E-state index is 0.208. The number of aliphatic hydroxyl groups is 1. The van der Waals surface area contributed by atoms with Crippen LogP contribution in [0.1, 0.15) is 25.5 Å². The van der Waals surface area contributed by atoms with E-state index in [2.05, 4.69) is 33.6 Å². The fourth-order valence-electron chi connectivity index (χ4n) is 3.43. The minimum Gasteiger partial charge on any atom is -0.480 e. The number of piperazine rings is 1. The molecule has 8 nitrogen and oxygen atoms in total. The van der Waals surface area contributed by atoms with E-state index in [0.29, 0.717) is 11.8 Å². The smallest absolute Gasteiger partial charge is 0.222 e. The van der Waals surface area contributed by atoms with E-state index >= 15 is 0 Å². The first-order chi connectivity index (χ1) is 13.6. The zero-order valence-electron chi connectivity index (χ0n) is 16.5. The van der Waals surface area contributed by atoms with E-state index < -0.39 is 0 Å². The highest BCUT2D eigenvalue weighted by atomic mass is 32.1. The van der Waals surface area contributed by atoms with Crippen LogP contribution in [0.3, 0.4) is 0 Å². The summed E-state index contributed by atoms with van der Waals surface area (Å²) in [6.45, 7) is 8.85. The maximum atomic E-state index is 9.11. The topological polar surface area (TPSA) is 79.0 Å². The lowest BCUT2D eigenvalue weighted by molar-refractivity contribution is 0.188. The molecule has 1 saturated heterocycles. The van der Waals surface area contributed by atoms with Gasteiger partial charge in [0.2, 0.25) is 16.0 Å².